The summed E-state index contributed by atoms with van der Waals surface area (Å²) in [6, 6.07) is 0.197. The Hall–Kier alpha value is -1.43. The van der Waals surface area contributed by atoms with Crippen LogP contribution in [0, 0.1) is 0 Å². The molecule has 2 aliphatic rings. The fourth-order valence-electron chi connectivity index (χ4n) is 2.90. The number of carbonyl (C=O) groups excluding carboxylic acids is 1. The Morgan fingerprint density at radius 3 is 2.90 bits per heavy atom. The van der Waals surface area contributed by atoms with Crippen LogP contribution in [0.1, 0.15) is 32.6 Å². The Bertz CT molecular complexity index is 545. The number of hydrogen-bond donors (Lipinski definition) is 1. The first-order valence-corrected chi connectivity index (χ1v) is 7.15. The van der Waals surface area contributed by atoms with E-state index in [0.717, 1.165) is 25.7 Å². The van der Waals surface area contributed by atoms with E-state index in [2.05, 4.69) is 15.3 Å². The molecule has 0 saturated heterocycles. The highest BCUT2D eigenvalue weighted by Gasteiger charge is 2.42. The van der Waals surface area contributed by atoms with E-state index in [1.807, 2.05) is 4.90 Å². The number of aromatic nitrogens is 2. The van der Waals surface area contributed by atoms with Crippen molar-refractivity contribution in [3.05, 3.63) is 11.5 Å². The first kappa shape index (κ1) is 13.5. The third-order valence-corrected chi connectivity index (χ3v) is 4.15. The standard InChI is InChI=1S/C13H16ClFN4O/c1-13(15)7-19(8-4-2-3-5-8)10-9(17-11(13)20)6-16-12(14)18-10/h6,8H,2-5,7H2,1H3,(H,17,20). The number of amides is 1. The number of alkyl halides is 1. The molecule has 0 aromatic carbocycles. The van der Waals surface area contributed by atoms with Gasteiger partial charge in [-0.05, 0) is 31.4 Å². The van der Waals surface area contributed by atoms with Crippen LogP contribution in [0.25, 0.3) is 0 Å². The van der Waals surface area contributed by atoms with Gasteiger partial charge >= 0.3 is 0 Å². The smallest absolute Gasteiger partial charge is 0.263 e. The molecule has 1 aromatic rings. The minimum absolute atomic E-state index is 0.0101. The predicted octanol–water partition coefficient (Wildman–Crippen LogP) is 2.56. The third kappa shape index (κ3) is 2.32. The molecule has 1 aliphatic heterocycles. The summed E-state index contributed by atoms with van der Waals surface area (Å²) in [5.41, 5.74) is -1.54. The van der Waals surface area contributed by atoms with E-state index in [9.17, 15) is 9.18 Å². The lowest BCUT2D eigenvalue weighted by atomic mass is 10.1. The maximum Gasteiger partial charge on any atom is 0.263 e. The van der Waals surface area contributed by atoms with E-state index < -0.39 is 11.6 Å². The molecule has 5 nitrogen and oxygen atoms in total. The van der Waals surface area contributed by atoms with Crippen molar-refractivity contribution < 1.29 is 9.18 Å². The normalized spacial score (nSPS) is 27.1. The maximum absolute atomic E-state index is 14.6. The minimum atomic E-state index is -1.96. The Morgan fingerprint density at radius 1 is 1.50 bits per heavy atom. The zero-order valence-corrected chi connectivity index (χ0v) is 12.0. The number of halogens is 2. The van der Waals surface area contributed by atoms with Gasteiger partial charge in [0.25, 0.3) is 5.91 Å². The summed E-state index contributed by atoms with van der Waals surface area (Å²) < 4.78 is 14.6. The molecule has 1 fully saturated rings. The quantitative estimate of drug-likeness (QED) is 0.810. The summed E-state index contributed by atoms with van der Waals surface area (Å²) in [5.74, 6) is -0.142. The van der Waals surface area contributed by atoms with Crippen LogP contribution in [0.4, 0.5) is 15.9 Å². The average molecular weight is 299 g/mol. The Kier molecular flexibility index (Phi) is 3.28. The molecule has 0 spiro atoms. The number of hydrogen-bond acceptors (Lipinski definition) is 4. The van der Waals surface area contributed by atoms with Gasteiger partial charge in [-0.15, -0.1) is 0 Å². The van der Waals surface area contributed by atoms with Gasteiger partial charge in [0.1, 0.15) is 5.69 Å². The first-order chi connectivity index (χ1) is 9.47. The lowest BCUT2D eigenvalue weighted by molar-refractivity contribution is -0.125. The number of rotatable bonds is 1. The highest BCUT2D eigenvalue weighted by atomic mass is 35.5. The van der Waals surface area contributed by atoms with E-state index in [4.69, 9.17) is 11.6 Å². The summed E-state index contributed by atoms with van der Waals surface area (Å²) in [7, 11) is 0. The van der Waals surface area contributed by atoms with Crippen LogP contribution in [0.15, 0.2) is 6.20 Å². The van der Waals surface area contributed by atoms with Gasteiger partial charge in [-0.25, -0.2) is 9.37 Å². The molecule has 1 aliphatic carbocycles. The summed E-state index contributed by atoms with van der Waals surface area (Å²) in [6.45, 7) is 1.29. The fourth-order valence-corrected chi connectivity index (χ4v) is 3.03. The van der Waals surface area contributed by atoms with Crippen LogP contribution in [0.3, 0.4) is 0 Å². The number of anilines is 2. The number of nitrogens with zero attached hydrogens (tertiary/aromatic N) is 3. The Morgan fingerprint density at radius 2 is 2.20 bits per heavy atom. The molecular weight excluding hydrogens is 283 g/mol. The van der Waals surface area contributed by atoms with Crippen LogP contribution in [0.2, 0.25) is 5.28 Å². The zero-order valence-electron chi connectivity index (χ0n) is 11.2. The van der Waals surface area contributed by atoms with Gasteiger partial charge in [-0.1, -0.05) is 12.8 Å². The lowest BCUT2D eigenvalue weighted by Gasteiger charge is -2.32. The van der Waals surface area contributed by atoms with Crippen molar-refractivity contribution in [2.24, 2.45) is 0 Å². The van der Waals surface area contributed by atoms with Crippen molar-refractivity contribution in [3.63, 3.8) is 0 Å². The summed E-state index contributed by atoms with van der Waals surface area (Å²) >= 11 is 5.85. The second-order valence-corrected chi connectivity index (χ2v) is 5.93. The number of nitrogens with one attached hydrogen (secondary N) is 1. The second-order valence-electron chi connectivity index (χ2n) is 5.59. The lowest BCUT2D eigenvalue weighted by Crippen LogP contribution is -2.47. The average Bonchev–Trinajstić information content (AvgIpc) is 2.89. The molecule has 1 unspecified atom stereocenters. The van der Waals surface area contributed by atoms with Crippen molar-refractivity contribution in [2.45, 2.75) is 44.3 Å². The highest BCUT2D eigenvalue weighted by molar-refractivity contribution is 6.28. The molecule has 108 valence electrons. The summed E-state index contributed by atoms with van der Waals surface area (Å²) in [4.78, 5) is 21.9. The van der Waals surface area contributed by atoms with Gasteiger partial charge in [0.2, 0.25) is 11.0 Å². The van der Waals surface area contributed by atoms with Gasteiger partial charge in [0.15, 0.2) is 5.82 Å². The Balaban J connectivity index is 2.06. The molecule has 2 heterocycles. The van der Waals surface area contributed by atoms with E-state index in [0.29, 0.717) is 11.5 Å². The molecule has 1 atom stereocenters. The van der Waals surface area contributed by atoms with E-state index in [1.54, 1.807) is 0 Å². The van der Waals surface area contributed by atoms with E-state index >= 15 is 0 Å². The zero-order chi connectivity index (χ0) is 14.3. The van der Waals surface area contributed by atoms with Gasteiger partial charge in [0, 0.05) is 6.04 Å². The van der Waals surface area contributed by atoms with E-state index in [1.165, 1.54) is 13.1 Å². The number of carbonyl (C=O) groups is 1. The second kappa shape index (κ2) is 4.84. The van der Waals surface area contributed by atoms with Crippen molar-refractivity contribution in [1.82, 2.24) is 9.97 Å². The van der Waals surface area contributed by atoms with Crippen LogP contribution in [-0.4, -0.2) is 34.1 Å². The molecule has 20 heavy (non-hydrogen) atoms. The highest BCUT2D eigenvalue weighted by Crippen LogP contribution is 2.36. The molecule has 1 amide bonds. The largest absolute Gasteiger partial charge is 0.348 e. The van der Waals surface area contributed by atoms with Crippen molar-refractivity contribution in [1.29, 1.82) is 0 Å². The first-order valence-electron chi connectivity index (χ1n) is 6.77. The molecule has 1 aromatic heterocycles. The van der Waals surface area contributed by atoms with Gasteiger partial charge in [-0.3, -0.25) is 4.79 Å². The number of fused-ring (bicyclic) bond motifs is 1. The molecule has 1 saturated carbocycles. The molecule has 7 heteroatoms. The molecule has 0 bridgehead atoms. The SMILES string of the molecule is CC1(F)CN(C2CCCC2)c2nc(Cl)ncc2NC1=O. The van der Waals surface area contributed by atoms with E-state index in [-0.39, 0.29) is 17.9 Å². The molecular formula is C13H16ClFN4O. The molecule has 0 radical (unpaired) electrons. The third-order valence-electron chi connectivity index (χ3n) is 3.97. The van der Waals surface area contributed by atoms with Crippen LogP contribution < -0.4 is 10.2 Å². The van der Waals surface area contributed by atoms with Gasteiger partial charge < -0.3 is 10.2 Å². The Labute approximate surface area is 121 Å². The van der Waals surface area contributed by atoms with Crippen LogP contribution in [0.5, 0.6) is 0 Å². The minimum Gasteiger partial charge on any atom is -0.348 e. The van der Waals surface area contributed by atoms with Gasteiger partial charge in [-0.2, -0.15) is 4.98 Å². The maximum atomic E-state index is 14.6. The topological polar surface area (TPSA) is 58.1 Å². The molecule has 1 N–H and O–H groups in total. The summed E-state index contributed by atoms with van der Waals surface area (Å²) in [6.07, 6.45) is 5.61. The molecule has 3 rings (SSSR count). The fraction of sp³-hybridized carbons (Fsp3) is 0.615. The van der Waals surface area contributed by atoms with Crippen molar-refractivity contribution in [2.75, 3.05) is 16.8 Å². The van der Waals surface area contributed by atoms with Gasteiger partial charge in [0.05, 0.1) is 12.7 Å². The summed E-state index contributed by atoms with van der Waals surface area (Å²) in [5, 5.41) is 2.65. The van der Waals surface area contributed by atoms with Crippen LogP contribution >= 0.6 is 11.6 Å². The monoisotopic (exact) mass is 298 g/mol. The van der Waals surface area contributed by atoms with Crippen LogP contribution in [-0.2, 0) is 4.79 Å². The van der Waals surface area contributed by atoms with Crippen molar-refractivity contribution in [3.8, 4) is 0 Å². The predicted molar refractivity (Wildman–Crippen MR) is 74.8 cm³/mol. The van der Waals surface area contributed by atoms with Crippen molar-refractivity contribution >= 4 is 29.0 Å².